The van der Waals surface area contributed by atoms with Gasteiger partial charge in [0.2, 0.25) is 5.91 Å². The monoisotopic (exact) mass is 512 g/mol. The van der Waals surface area contributed by atoms with Gasteiger partial charge in [0, 0.05) is 11.6 Å². The fourth-order valence-electron chi connectivity index (χ4n) is 4.97. The number of likely N-dealkylation sites (N-methyl/N-ethyl adjacent to an activating group) is 1. The molecule has 1 fully saturated rings. The molecule has 0 aromatic heterocycles. The molecule has 1 aliphatic carbocycles. The van der Waals surface area contributed by atoms with Gasteiger partial charge in [0.1, 0.15) is 11.8 Å². The van der Waals surface area contributed by atoms with Crippen molar-refractivity contribution >= 4 is 17.8 Å². The second-order valence-electron chi connectivity index (χ2n) is 10.7. The Morgan fingerprint density at radius 2 is 1.86 bits per heavy atom. The molecule has 11 heteroatoms. The summed E-state index contributed by atoms with van der Waals surface area (Å²) in [6.07, 6.45) is 0.895. The molecule has 2 aliphatic heterocycles. The summed E-state index contributed by atoms with van der Waals surface area (Å²) in [6, 6.07) is -1.08. The number of amides is 2. The highest BCUT2D eigenvalue weighted by Crippen LogP contribution is 2.43. The lowest BCUT2D eigenvalue weighted by molar-refractivity contribution is -0.196. The van der Waals surface area contributed by atoms with Gasteiger partial charge in [-0.1, -0.05) is 19.9 Å². The second kappa shape index (κ2) is 10.8. The summed E-state index contributed by atoms with van der Waals surface area (Å²) in [4.78, 5) is 41.2. The number of nitrogens with two attached hydrogens (primary N) is 1. The number of esters is 1. The SMILES string of the molecule is CN(C)CC(=O)N1C(C2CCNCC2)=C(C(N)=O)C=C(OC(=O)C(F)(F)F)C1C1=CCC(C)(C)CC1. The van der Waals surface area contributed by atoms with E-state index in [1.165, 1.54) is 4.90 Å². The number of piperidine rings is 1. The van der Waals surface area contributed by atoms with Crippen LogP contribution in [-0.2, 0) is 19.1 Å². The zero-order valence-electron chi connectivity index (χ0n) is 21.2. The number of carbonyl (C=O) groups excluding carboxylic acids is 3. The van der Waals surface area contributed by atoms with E-state index in [1.54, 1.807) is 19.0 Å². The molecule has 0 bridgehead atoms. The number of hydrogen-bond donors (Lipinski definition) is 2. The summed E-state index contributed by atoms with van der Waals surface area (Å²) in [5.74, 6) is -4.37. The Hall–Kier alpha value is -2.66. The normalized spacial score (nSPS) is 23.3. The van der Waals surface area contributed by atoms with Crippen molar-refractivity contribution in [1.29, 1.82) is 0 Å². The molecule has 2 heterocycles. The predicted octanol–water partition coefficient (Wildman–Crippen LogP) is 2.62. The van der Waals surface area contributed by atoms with Crippen LogP contribution in [0, 0.1) is 11.3 Å². The molecular weight excluding hydrogens is 477 g/mol. The van der Waals surface area contributed by atoms with Gasteiger partial charge in [-0.25, -0.2) is 4.79 Å². The minimum atomic E-state index is -5.25. The van der Waals surface area contributed by atoms with Gasteiger partial charge in [-0.05, 0) is 76.4 Å². The fourth-order valence-corrected chi connectivity index (χ4v) is 4.97. The molecule has 1 saturated heterocycles. The van der Waals surface area contributed by atoms with Crippen molar-refractivity contribution in [2.75, 3.05) is 33.7 Å². The van der Waals surface area contributed by atoms with Crippen molar-refractivity contribution in [2.45, 2.75) is 58.2 Å². The quantitative estimate of drug-likeness (QED) is 0.419. The van der Waals surface area contributed by atoms with Crippen LogP contribution in [0.25, 0.3) is 0 Å². The molecular formula is C25H35F3N4O4. The molecule has 3 aliphatic rings. The van der Waals surface area contributed by atoms with Crippen LogP contribution in [0.5, 0.6) is 0 Å². The standard InChI is InChI=1S/C25H35F3N4O4/c1-24(2)9-5-15(6-10-24)21-18(36-23(35)25(26,27)28)13-17(22(29)34)20(16-7-11-30-12-8-16)32(21)19(33)14-31(3)4/h5,13,16,21,30H,6-12,14H2,1-4H3,(H2,29,34). The lowest BCUT2D eigenvalue weighted by atomic mass is 9.75. The molecule has 0 spiro atoms. The zero-order valence-corrected chi connectivity index (χ0v) is 21.2. The molecule has 2 amide bonds. The van der Waals surface area contributed by atoms with Crippen molar-refractivity contribution in [3.8, 4) is 0 Å². The van der Waals surface area contributed by atoms with E-state index in [0.717, 1.165) is 12.5 Å². The Kier molecular flexibility index (Phi) is 8.34. The van der Waals surface area contributed by atoms with Crippen LogP contribution in [0.1, 0.15) is 46.0 Å². The largest absolute Gasteiger partial charge is 0.491 e. The topological polar surface area (TPSA) is 105 Å². The van der Waals surface area contributed by atoms with Crippen LogP contribution in [0.3, 0.4) is 0 Å². The minimum absolute atomic E-state index is 0.0186. The molecule has 0 saturated carbocycles. The molecule has 1 atom stereocenters. The van der Waals surface area contributed by atoms with Gasteiger partial charge in [-0.15, -0.1) is 0 Å². The Morgan fingerprint density at radius 1 is 1.22 bits per heavy atom. The van der Waals surface area contributed by atoms with Crippen molar-refractivity contribution in [3.63, 3.8) is 0 Å². The van der Waals surface area contributed by atoms with Crippen LogP contribution in [-0.4, -0.2) is 73.5 Å². The molecule has 36 heavy (non-hydrogen) atoms. The van der Waals surface area contributed by atoms with E-state index in [4.69, 9.17) is 10.5 Å². The van der Waals surface area contributed by atoms with Crippen molar-refractivity contribution in [2.24, 2.45) is 17.1 Å². The summed E-state index contributed by atoms with van der Waals surface area (Å²) in [7, 11) is 3.39. The van der Waals surface area contributed by atoms with E-state index in [1.807, 2.05) is 6.08 Å². The first-order chi connectivity index (χ1) is 16.7. The van der Waals surface area contributed by atoms with Gasteiger partial charge >= 0.3 is 12.1 Å². The van der Waals surface area contributed by atoms with Crippen LogP contribution in [0.2, 0.25) is 0 Å². The number of halogens is 3. The van der Waals surface area contributed by atoms with Crippen LogP contribution < -0.4 is 11.1 Å². The Labute approximate surface area is 209 Å². The molecule has 3 N–H and O–H groups in total. The zero-order chi connectivity index (χ0) is 26.8. The van der Waals surface area contributed by atoms with Gasteiger partial charge in [0.05, 0.1) is 12.1 Å². The van der Waals surface area contributed by atoms with Gasteiger partial charge < -0.3 is 20.7 Å². The van der Waals surface area contributed by atoms with Crippen molar-refractivity contribution in [1.82, 2.24) is 15.1 Å². The number of primary amides is 1. The van der Waals surface area contributed by atoms with E-state index in [-0.39, 0.29) is 23.5 Å². The summed E-state index contributed by atoms with van der Waals surface area (Å²) < 4.78 is 44.5. The molecule has 0 aromatic rings. The summed E-state index contributed by atoms with van der Waals surface area (Å²) in [5, 5.41) is 3.24. The first-order valence-corrected chi connectivity index (χ1v) is 12.1. The molecule has 3 rings (SSSR count). The summed E-state index contributed by atoms with van der Waals surface area (Å²) in [5.41, 5.74) is 6.63. The predicted molar refractivity (Wildman–Crippen MR) is 127 cm³/mol. The highest BCUT2D eigenvalue weighted by Gasteiger charge is 2.47. The third kappa shape index (κ3) is 6.36. The third-order valence-electron chi connectivity index (χ3n) is 6.86. The second-order valence-corrected chi connectivity index (χ2v) is 10.7. The number of allylic oxidation sites excluding steroid dienone is 2. The average molecular weight is 513 g/mol. The van der Waals surface area contributed by atoms with Gasteiger partial charge in [0.15, 0.2) is 0 Å². The third-order valence-corrected chi connectivity index (χ3v) is 6.86. The highest BCUT2D eigenvalue weighted by molar-refractivity contribution is 5.98. The maximum Gasteiger partial charge on any atom is 0.491 e. The number of nitrogens with one attached hydrogen (secondary N) is 1. The number of alkyl halides is 3. The maximum atomic E-state index is 13.7. The van der Waals surface area contributed by atoms with E-state index in [2.05, 4.69) is 19.2 Å². The Bertz CT molecular complexity index is 992. The summed E-state index contributed by atoms with van der Waals surface area (Å²) in [6.45, 7) is 5.41. The first kappa shape index (κ1) is 27.9. The number of nitrogens with zero attached hydrogens (tertiary/aromatic N) is 2. The van der Waals surface area contributed by atoms with Gasteiger partial charge in [-0.2, -0.15) is 13.2 Å². The molecule has 0 aromatic carbocycles. The molecule has 8 nitrogen and oxygen atoms in total. The smallest absolute Gasteiger partial charge is 0.422 e. The van der Waals surface area contributed by atoms with Crippen molar-refractivity contribution in [3.05, 3.63) is 34.8 Å². The van der Waals surface area contributed by atoms with E-state index >= 15 is 0 Å². The van der Waals surface area contributed by atoms with E-state index in [0.29, 0.717) is 50.0 Å². The number of hydrogen-bond acceptors (Lipinski definition) is 6. The average Bonchev–Trinajstić information content (AvgIpc) is 2.78. The lowest BCUT2D eigenvalue weighted by Gasteiger charge is -2.44. The van der Waals surface area contributed by atoms with E-state index in [9.17, 15) is 27.6 Å². The maximum absolute atomic E-state index is 13.7. The molecule has 200 valence electrons. The summed E-state index contributed by atoms with van der Waals surface area (Å²) >= 11 is 0. The van der Waals surface area contributed by atoms with Crippen LogP contribution in [0.4, 0.5) is 13.2 Å². The lowest BCUT2D eigenvalue weighted by Crippen LogP contribution is -2.52. The first-order valence-electron chi connectivity index (χ1n) is 12.1. The Morgan fingerprint density at radius 3 is 2.36 bits per heavy atom. The van der Waals surface area contributed by atoms with Crippen LogP contribution in [0.15, 0.2) is 34.8 Å². The Balaban J connectivity index is 2.23. The molecule has 0 radical (unpaired) electrons. The van der Waals surface area contributed by atoms with Gasteiger partial charge in [0.25, 0.3) is 5.91 Å². The minimum Gasteiger partial charge on any atom is -0.422 e. The number of rotatable bonds is 6. The van der Waals surface area contributed by atoms with Crippen LogP contribution >= 0.6 is 0 Å². The highest BCUT2D eigenvalue weighted by atomic mass is 19.4. The number of ether oxygens (including phenoxy) is 1. The number of carbonyl (C=O) groups is 3. The van der Waals surface area contributed by atoms with E-state index < -0.39 is 35.8 Å². The fraction of sp³-hybridized carbons (Fsp3) is 0.640. The van der Waals surface area contributed by atoms with Crippen molar-refractivity contribution < 1.29 is 32.3 Å². The van der Waals surface area contributed by atoms with Gasteiger partial charge in [-0.3, -0.25) is 14.5 Å². The molecule has 1 unspecified atom stereocenters.